The van der Waals surface area contributed by atoms with E-state index in [9.17, 15) is 10.5 Å². The first-order valence-electron chi connectivity index (χ1n) is 8.85. The molecule has 2 rings (SSSR count). The maximum Gasteiger partial charge on any atom is 0.118 e. The molecule has 128 valence electrons. The number of rotatable bonds is 8. The van der Waals surface area contributed by atoms with Crippen molar-refractivity contribution in [2.45, 2.75) is 45.4 Å². The molecule has 3 nitrogen and oxygen atoms in total. The lowest BCUT2D eigenvalue weighted by Crippen LogP contribution is -1.98. The van der Waals surface area contributed by atoms with Gasteiger partial charge in [0.1, 0.15) is 17.9 Å². The SMILES string of the molecule is CCCCCCCc1ccc(-c2ccc(OC)cc2)c(C#N)c1C#N. The summed E-state index contributed by atoms with van der Waals surface area (Å²) >= 11 is 0. The summed E-state index contributed by atoms with van der Waals surface area (Å²) < 4.78 is 5.18. The average Bonchev–Trinajstić information content (AvgIpc) is 2.67. The molecule has 0 aliphatic carbocycles. The normalized spacial score (nSPS) is 10.1. The fraction of sp³-hybridized carbons (Fsp3) is 0.364. The molecule has 0 fully saturated rings. The number of nitriles is 2. The minimum Gasteiger partial charge on any atom is -0.497 e. The van der Waals surface area contributed by atoms with Crippen LogP contribution in [0.3, 0.4) is 0 Å². The van der Waals surface area contributed by atoms with Gasteiger partial charge in [-0.1, -0.05) is 56.9 Å². The van der Waals surface area contributed by atoms with E-state index < -0.39 is 0 Å². The van der Waals surface area contributed by atoms with Crippen LogP contribution in [0, 0.1) is 22.7 Å². The van der Waals surface area contributed by atoms with Gasteiger partial charge in [-0.05, 0) is 36.1 Å². The zero-order chi connectivity index (χ0) is 18.1. The van der Waals surface area contributed by atoms with E-state index in [-0.39, 0.29) is 0 Å². The second kappa shape index (κ2) is 9.50. The second-order valence-corrected chi connectivity index (χ2v) is 6.14. The van der Waals surface area contributed by atoms with Gasteiger partial charge in [-0.2, -0.15) is 10.5 Å². The van der Waals surface area contributed by atoms with Gasteiger partial charge in [0.05, 0.1) is 18.2 Å². The maximum absolute atomic E-state index is 9.63. The molecule has 0 spiro atoms. The van der Waals surface area contributed by atoms with Crippen molar-refractivity contribution in [3.05, 3.63) is 53.1 Å². The molecule has 0 N–H and O–H groups in total. The number of ether oxygens (including phenoxy) is 1. The molecule has 0 heterocycles. The Morgan fingerprint density at radius 3 is 2.12 bits per heavy atom. The highest BCUT2D eigenvalue weighted by molar-refractivity contribution is 5.75. The van der Waals surface area contributed by atoms with Gasteiger partial charge in [0, 0.05) is 5.56 Å². The van der Waals surface area contributed by atoms with Gasteiger partial charge in [0.15, 0.2) is 0 Å². The van der Waals surface area contributed by atoms with Crippen molar-refractivity contribution >= 4 is 0 Å². The highest BCUT2D eigenvalue weighted by Gasteiger charge is 2.14. The van der Waals surface area contributed by atoms with Crippen molar-refractivity contribution in [2.75, 3.05) is 7.11 Å². The Morgan fingerprint density at radius 2 is 1.52 bits per heavy atom. The largest absolute Gasteiger partial charge is 0.497 e. The molecule has 2 aromatic carbocycles. The van der Waals surface area contributed by atoms with Gasteiger partial charge in [-0.15, -0.1) is 0 Å². The van der Waals surface area contributed by atoms with E-state index >= 15 is 0 Å². The molecule has 25 heavy (non-hydrogen) atoms. The lowest BCUT2D eigenvalue weighted by molar-refractivity contribution is 0.415. The Labute approximate surface area is 150 Å². The molecule has 0 aliphatic heterocycles. The molecule has 0 bridgehead atoms. The van der Waals surface area contributed by atoms with Crippen LogP contribution in [-0.2, 0) is 6.42 Å². The Balaban J connectivity index is 2.28. The smallest absolute Gasteiger partial charge is 0.118 e. The summed E-state index contributed by atoms with van der Waals surface area (Å²) in [6, 6.07) is 16.0. The fourth-order valence-corrected chi connectivity index (χ4v) is 3.03. The molecule has 2 aromatic rings. The third kappa shape index (κ3) is 4.61. The number of unbranched alkanes of at least 4 members (excludes halogenated alkanes) is 4. The number of hydrogen-bond donors (Lipinski definition) is 0. The molecule has 0 radical (unpaired) electrons. The third-order valence-electron chi connectivity index (χ3n) is 4.47. The van der Waals surface area contributed by atoms with Crippen LogP contribution in [0.5, 0.6) is 5.75 Å². The van der Waals surface area contributed by atoms with Gasteiger partial charge in [0.2, 0.25) is 0 Å². The molecule has 0 saturated carbocycles. The van der Waals surface area contributed by atoms with E-state index in [1.165, 1.54) is 25.7 Å². The summed E-state index contributed by atoms with van der Waals surface area (Å²) in [5.74, 6) is 0.770. The van der Waals surface area contributed by atoms with Crippen molar-refractivity contribution < 1.29 is 4.74 Å². The van der Waals surface area contributed by atoms with E-state index in [0.717, 1.165) is 35.3 Å². The van der Waals surface area contributed by atoms with E-state index in [2.05, 4.69) is 19.1 Å². The Kier molecular flexibility index (Phi) is 7.05. The van der Waals surface area contributed by atoms with Crippen molar-refractivity contribution in [1.82, 2.24) is 0 Å². The van der Waals surface area contributed by atoms with Crippen LogP contribution >= 0.6 is 0 Å². The molecule has 0 saturated heterocycles. The Bertz CT molecular complexity index is 779. The van der Waals surface area contributed by atoms with E-state index in [1.807, 2.05) is 36.4 Å². The predicted molar refractivity (Wildman–Crippen MR) is 100 cm³/mol. The molecule has 0 aliphatic rings. The summed E-state index contributed by atoms with van der Waals surface area (Å²) in [6.45, 7) is 2.20. The van der Waals surface area contributed by atoms with Crippen LogP contribution < -0.4 is 4.74 Å². The number of nitrogens with zero attached hydrogens (tertiary/aromatic N) is 2. The molecule has 3 heteroatoms. The van der Waals surface area contributed by atoms with E-state index in [4.69, 9.17) is 4.74 Å². The first-order chi connectivity index (χ1) is 12.2. The van der Waals surface area contributed by atoms with Crippen molar-refractivity contribution in [3.8, 4) is 29.0 Å². The van der Waals surface area contributed by atoms with Gasteiger partial charge in [-0.3, -0.25) is 0 Å². The first-order valence-corrected chi connectivity index (χ1v) is 8.85. The number of aryl methyl sites for hydroxylation is 1. The van der Waals surface area contributed by atoms with Crippen LogP contribution in [0.15, 0.2) is 36.4 Å². The zero-order valence-electron chi connectivity index (χ0n) is 15.0. The Hall–Kier alpha value is -2.78. The van der Waals surface area contributed by atoms with Crippen molar-refractivity contribution in [1.29, 1.82) is 10.5 Å². The van der Waals surface area contributed by atoms with Gasteiger partial charge >= 0.3 is 0 Å². The molecule has 0 amide bonds. The summed E-state index contributed by atoms with van der Waals surface area (Å²) in [5.41, 5.74) is 3.69. The summed E-state index contributed by atoms with van der Waals surface area (Å²) in [7, 11) is 1.62. The summed E-state index contributed by atoms with van der Waals surface area (Å²) in [5, 5.41) is 19.2. The van der Waals surface area contributed by atoms with Gasteiger partial charge in [0.25, 0.3) is 0 Å². The van der Waals surface area contributed by atoms with Crippen molar-refractivity contribution in [2.24, 2.45) is 0 Å². The lowest BCUT2D eigenvalue weighted by atomic mass is 9.91. The van der Waals surface area contributed by atoms with Crippen LogP contribution in [-0.4, -0.2) is 7.11 Å². The Morgan fingerprint density at radius 1 is 0.840 bits per heavy atom. The van der Waals surface area contributed by atoms with Crippen LogP contribution in [0.4, 0.5) is 0 Å². The van der Waals surface area contributed by atoms with E-state index in [1.54, 1.807) is 7.11 Å². The summed E-state index contributed by atoms with van der Waals surface area (Å²) in [6.07, 6.45) is 6.78. The highest BCUT2D eigenvalue weighted by atomic mass is 16.5. The molecular formula is C22H24N2O. The molecule has 0 aromatic heterocycles. The zero-order valence-corrected chi connectivity index (χ0v) is 15.0. The quantitative estimate of drug-likeness (QED) is 0.590. The van der Waals surface area contributed by atoms with Crippen molar-refractivity contribution in [3.63, 3.8) is 0 Å². The molecule has 0 unspecified atom stereocenters. The minimum absolute atomic E-state index is 0.471. The fourth-order valence-electron chi connectivity index (χ4n) is 3.03. The number of hydrogen-bond acceptors (Lipinski definition) is 3. The van der Waals surface area contributed by atoms with Gasteiger partial charge in [-0.25, -0.2) is 0 Å². The van der Waals surface area contributed by atoms with E-state index in [0.29, 0.717) is 11.1 Å². The third-order valence-corrected chi connectivity index (χ3v) is 4.47. The first kappa shape index (κ1) is 18.6. The minimum atomic E-state index is 0.471. The average molecular weight is 332 g/mol. The molecule has 0 atom stereocenters. The standard InChI is InChI=1S/C22H24N2O/c1-3-4-5-6-7-8-17-11-14-20(22(16-24)21(17)15-23)18-9-12-19(25-2)13-10-18/h9-14H,3-8H2,1-2H3. The van der Waals surface area contributed by atoms with Crippen LogP contribution in [0.25, 0.3) is 11.1 Å². The number of methoxy groups -OCH3 is 1. The lowest BCUT2D eigenvalue weighted by Gasteiger charge is -2.11. The second-order valence-electron chi connectivity index (χ2n) is 6.14. The predicted octanol–water partition coefficient (Wildman–Crippen LogP) is 5.62. The monoisotopic (exact) mass is 332 g/mol. The molecular weight excluding hydrogens is 308 g/mol. The topological polar surface area (TPSA) is 56.8 Å². The summed E-state index contributed by atoms with van der Waals surface area (Å²) in [4.78, 5) is 0. The van der Waals surface area contributed by atoms with Crippen LogP contribution in [0.1, 0.15) is 55.7 Å². The maximum atomic E-state index is 9.63. The van der Waals surface area contributed by atoms with Gasteiger partial charge < -0.3 is 4.74 Å². The van der Waals surface area contributed by atoms with Crippen LogP contribution in [0.2, 0.25) is 0 Å². The number of benzene rings is 2. The highest BCUT2D eigenvalue weighted by Crippen LogP contribution is 2.30.